The minimum absolute atomic E-state index is 0. The number of likely N-dealkylation sites (tertiary alicyclic amines) is 1. The fourth-order valence-electron chi connectivity index (χ4n) is 4.29. The molecule has 1 aliphatic carbocycles. The molecule has 1 unspecified atom stereocenters. The van der Waals surface area contributed by atoms with Crippen LogP contribution < -0.4 is 5.32 Å². The van der Waals surface area contributed by atoms with Crippen LogP contribution in [0.5, 0.6) is 0 Å². The summed E-state index contributed by atoms with van der Waals surface area (Å²) in [7, 11) is 1.89. The highest BCUT2D eigenvalue weighted by atomic mass is 127. The summed E-state index contributed by atoms with van der Waals surface area (Å²) in [5, 5.41) is 4.47. The van der Waals surface area contributed by atoms with Gasteiger partial charge in [-0.1, -0.05) is 23.7 Å². The van der Waals surface area contributed by atoms with Gasteiger partial charge in [0.1, 0.15) is 0 Å². The molecule has 0 bridgehead atoms. The minimum Gasteiger partial charge on any atom is -0.379 e. The third-order valence-corrected chi connectivity index (χ3v) is 6.35. The Bertz CT molecular complexity index is 661. The highest BCUT2D eigenvalue weighted by molar-refractivity contribution is 14.0. The molecule has 27 heavy (non-hydrogen) atoms. The summed E-state index contributed by atoms with van der Waals surface area (Å²) in [5.41, 5.74) is 1.57. The van der Waals surface area contributed by atoms with Crippen molar-refractivity contribution in [1.29, 1.82) is 0 Å². The second-order valence-electron chi connectivity index (χ2n) is 7.73. The average molecular weight is 505 g/mol. The maximum atomic E-state index is 6.20. The molecule has 4 rings (SSSR count). The SMILES string of the molecule is CN=C(NCC1(c2cccc(Cl)c2)CC1)N1CCC(N2CCOCC2)C1.I. The predicted octanol–water partition coefficient (Wildman–Crippen LogP) is 2.97. The van der Waals surface area contributed by atoms with Gasteiger partial charge in [0.15, 0.2) is 5.96 Å². The Morgan fingerprint density at radius 3 is 2.74 bits per heavy atom. The first-order chi connectivity index (χ1) is 12.7. The Balaban J connectivity index is 0.00000210. The molecule has 7 heteroatoms. The molecule has 1 aromatic rings. The summed E-state index contributed by atoms with van der Waals surface area (Å²) in [4.78, 5) is 9.54. The normalized spacial score (nSPS) is 25.2. The predicted molar refractivity (Wildman–Crippen MR) is 122 cm³/mol. The van der Waals surface area contributed by atoms with Crippen LogP contribution in [0.1, 0.15) is 24.8 Å². The lowest BCUT2D eigenvalue weighted by atomic mass is 9.96. The van der Waals surface area contributed by atoms with Crippen molar-refractivity contribution >= 4 is 41.5 Å². The van der Waals surface area contributed by atoms with Gasteiger partial charge in [-0.25, -0.2) is 0 Å². The second kappa shape index (κ2) is 9.29. The number of hydrogen-bond donors (Lipinski definition) is 1. The lowest BCUT2D eigenvalue weighted by molar-refractivity contribution is 0.0195. The van der Waals surface area contributed by atoms with E-state index in [-0.39, 0.29) is 29.4 Å². The Morgan fingerprint density at radius 2 is 2.07 bits per heavy atom. The molecule has 3 fully saturated rings. The molecule has 2 saturated heterocycles. The van der Waals surface area contributed by atoms with Crippen molar-refractivity contribution in [3.63, 3.8) is 0 Å². The van der Waals surface area contributed by atoms with Crippen LogP contribution in [0, 0.1) is 0 Å². The molecule has 0 amide bonds. The molecule has 1 aromatic carbocycles. The van der Waals surface area contributed by atoms with Crippen molar-refractivity contribution in [2.75, 3.05) is 53.0 Å². The summed E-state index contributed by atoms with van der Waals surface area (Å²) in [6, 6.07) is 8.95. The van der Waals surface area contributed by atoms with Crippen LogP contribution in [0.25, 0.3) is 0 Å². The molecule has 2 heterocycles. The first-order valence-electron chi connectivity index (χ1n) is 9.74. The first-order valence-corrected chi connectivity index (χ1v) is 10.1. The number of aliphatic imine (C=N–C) groups is 1. The van der Waals surface area contributed by atoms with Crippen LogP contribution in [-0.2, 0) is 10.2 Å². The van der Waals surface area contributed by atoms with E-state index in [2.05, 4.69) is 38.3 Å². The molecule has 1 saturated carbocycles. The summed E-state index contributed by atoms with van der Waals surface area (Å²) < 4.78 is 5.49. The zero-order chi connectivity index (χ0) is 18.0. The van der Waals surface area contributed by atoms with E-state index in [1.807, 2.05) is 13.1 Å². The molecule has 1 atom stereocenters. The van der Waals surface area contributed by atoms with Crippen LogP contribution in [-0.4, -0.2) is 74.8 Å². The maximum Gasteiger partial charge on any atom is 0.193 e. The Morgan fingerprint density at radius 1 is 1.30 bits per heavy atom. The van der Waals surface area contributed by atoms with Gasteiger partial charge in [-0.15, -0.1) is 24.0 Å². The van der Waals surface area contributed by atoms with E-state index in [1.165, 1.54) is 24.8 Å². The fraction of sp³-hybridized carbons (Fsp3) is 0.650. The van der Waals surface area contributed by atoms with Gasteiger partial charge < -0.3 is 15.0 Å². The van der Waals surface area contributed by atoms with Gasteiger partial charge in [0.25, 0.3) is 0 Å². The number of halogens is 2. The van der Waals surface area contributed by atoms with Crippen molar-refractivity contribution in [1.82, 2.24) is 15.1 Å². The highest BCUT2D eigenvalue weighted by Crippen LogP contribution is 2.48. The van der Waals surface area contributed by atoms with E-state index >= 15 is 0 Å². The number of rotatable bonds is 4. The summed E-state index contributed by atoms with van der Waals surface area (Å²) in [6.45, 7) is 6.91. The van der Waals surface area contributed by atoms with Gasteiger partial charge >= 0.3 is 0 Å². The van der Waals surface area contributed by atoms with E-state index in [9.17, 15) is 0 Å². The van der Waals surface area contributed by atoms with Crippen LogP contribution in [0.2, 0.25) is 5.02 Å². The van der Waals surface area contributed by atoms with Crippen molar-refractivity contribution in [3.05, 3.63) is 34.9 Å². The van der Waals surface area contributed by atoms with E-state index in [4.69, 9.17) is 16.3 Å². The molecule has 5 nitrogen and oxygen atoms in total. The van der Waals surface area contributed by atoms with Gasteiger partial charge in [-0.05, 0) is 37.0 Å². The molecule has 2 aliphatic heterocycles. The smallest absolute Gasteiger partial charge is 0.193 e. The number of ether oxygens (including phenoxy) is 1. The molecule has 150 valence electrons. The quantitative estimate of drug-likeness (QED) is 0.389. The van der Waals surface area contributed by atoms with Crippen LogP contribution in [0.4, 0.5) is 0 Å². The summed E-state index contributed by atoms with van der Waals surface area (Å²) in [6.07, 6.45) is 3.64. The summed E-state index contributed by atoms with van der Waals surface area (Å²) >= 11 is 6.20. The fourth-order valence-corrected chi connectivity index (χ4v) is 4.48. The maximum absolute atomic E-state index is 6.20. The average Bonchev–Trinajstić information content (AvgIpc) is 3.31. The monoisotopic (exact) mass is 504 g/mol. The molecule has 1 N–H and O–H groups in total. The molecule has 0 aromatic heterocycles. The highest BCUT2D eigenvalue weighted by Gasteiger charge is 2.44. The molecular formula is C20H30ClIN4O. The zero-order valence-corrected chi connectivity index (χ0v) is 19.1. The third-order valence-electron chi connectivity index (χ3n) is 6.11. The van der Waals surface area contributed by atoms with Gasteiger partial charge in [0.2, 0.25) is 0 Å². The third kappa shape index (κ3) is 4.89. The van der Waals surface area contributed by atoms with Gasteiger partial charge in [-0.2, -0.15) is 0 Å². The Kier molecular flexibility index (Phi) is 7.27. The van der Waals surface area contributed by atoms with Crippen LogP contribution in [0.15, 0.2) is 29.3 Å². The zero-order valence-electron chi connectivity index (χ0n) is 16.0. The van der Waals surface area contributed by atoms with Crippen molar-refractivity contribution < 1.29 is 4.74 Å². The van der Waals surface area contributed by atoms with Crippen molar-refractivity contribution in [2.45, 2.75) is 30.7 Å². The molecule has 3 aliphatic rings. The van der Waals surface area contributed by atoms with Gasteiger partial charge in [-0.3, -0.25) is 9.89 Å². The minimum atomic E-state index is 0. The summed E-state index contributed by atoms with van der Waals surface area (Å²) in [5.74, 6) is 1.04. The Hall–Kier alpha value is -0.570. The lowest BCUT2D eigenvalue weighted by Gasteiger charge is -2.32. The van der Waals surface area contributed by atoms with E-state index < -0.39 is 0 Å². The largest absolute Gasteiger partial charge is 0.379 e. The standard InChI is InChI=1S/C20H29ClN4O.HI/c1-22-19(25-8-5-18(14-25)24-9-11-26-12-10-24)23-15-20(6-7-20)16-3-2-4-17(21)13-16;/h2-4,13,18H,5-12,14-15H2,1H3,(H,22,23);1H. The molecule has 0 radical (unpaired) electrons. The first kappa shape index (κ1) is 21.1. The second-order valence-corrected chi connectivity index (χ2v) is 8.16. The van der Waals surface area contributed by atoms with E-state index in [0.29, 0.717) is 6.04 Å². The lowest BCUT2D eigenvalue weighted by Crippen LogP contribution is -2.47. The van der Waals surface area contributed by atoms with Crippen molar-refractivity contribution in [2.24, 2.45) is 4.99 Å². The van der Waals surface area contributed by atoms with E-state index in [1.54, 1.807) is 0 Å². The molecule has 0 spiro atoms. The topological polar surface area (TPSA) is 40.1 Å². The molecular weight excluding hydrogens is 475 g/mol. The number of hydrogen-bond acceptors (Lipinski definition) is 3. The van der Waals surface area contributed by atoms with Gasteiger partial charge in [0.05, 0.1) is 13.2 Å². The van der Waals surface area contributed by atoms with Gasteiger partial charge in [0, 0.05) is 56.3 Å². The van der Waals surface area contributed by atoms with Crippen LogP contribution in [0.3, 0.4) is 0 Å². The number of benzene rings is 1. The van der Waals surface area contributed by atoms with Crippen LogP contribution >= 0.6 is 35.6 Å². The van der Waals surface area contributed by atoms with E-state index in [0.717, 1.165) is 56.9 Å². The number of nitrogens with one attached hydrogen (secondary N) is 1. The number of guanidine groups is 1. The van der Waals surface area contributed by atoms with Crippen molar-refractivity contribution in [3.8, 4) is 0 Å². The Labute approximate surface area is 184 Å². The number of nitrogens with zero attached hydrogens (tertiary/aromatic N) is 3. The number of morpholine rings is 1.